The number of nitrogens with zero attached hydrogens (tertiary/aromatic N) is 2. The quantitative estimate of drug-likeness (QED) is 0.189. The van der Waals surface area contributed by atoms with Gasteiger partial charge in [-0.05, 0) is 31.7 Å². The Bertz CT molecular complexity index is 623. The molecule has 24 heavy (non-hydrogen) atoms. The normalized spacial score (nSPS) is 14.9. The van der Waals surface area contributed by atoms with Gasteiger partial charge in [0.2, 0.25) is 5.97 Å². The van der Waals surface area contributed by atoms with Crippen molar-refractivity contribution in [1.82, 2.24) is 0 Å². The van der Waals surface area contributed by atoms with Gasteiger partial charge in [-0.15, -0.1) is 6.58 Å². The lowest BCUT2D eigenvalue weighted by Gasteiger charge is -2.15. The number of methoxy groups -OCH3 is 1. The molecule has 0 saturated carbocycles. The summed E-state index contributed by atoms with van der Waals surface area (Å²) in [6, 6.07) is 0. The molecule has 0 aromatic heterocycles. The zero-order valence-electron chi connectivity index (χ0n) is 13.9. The molecule has 3 nitrogen and oxygen atoms in total. The fourth-order valence-electron chi connectivity index (χ4n) is 1.87. The van der Waals surface area contributed by atoms with E-state index < -0.39 is 23.5 Å². The van der Waals surface area contributed by atoms with E-state index in [9.17, 15) is 17.6 Å². The second-order valence-electron chi connectivity index (χ2n) is 4.54. The maximum absolute atomic E-state index is 14.2. The van der Waals surface area contributed by atoms with E-state index in [0.29, 0.717) is 11.1 Å². The summed E-state index contributed by atoms with van der Waals surface area (Å²) < 4.78 is 58.4. The Balaban J connectivity index is 6.07. The van der Waals surface area contributed by atoms with Crippen LogP contribution in [0.2, 0.25) is 0 Å². The molecule has 0 aromatic carbocycles. The van der Waals surface area contributed by atoms with Gasteiger partial charge >= 0.3 is 6.18 Å². The lowest BCUT2D eigenvalue weighted by molar-refractivity contribution is -0.0899. The van der Waals surface area contributed by atoms with Crippen LogP contribution in [0.5, 0.6) is 0 Å². The van der Waals surface area contributed by atoms with Crippen molar-refractivity contribution in [3.63, 3.8) is 0 Å². The first-order valence-corrected chi connectivity index (χ1v) is 6.82. The van der Waals surface area contributed by atoms with Crippen LogP contribution in [-0.2, 0) is 4.74 Å². The Morgan fingerprint density at radius 3 is 2.25 bits per heavy atom. The molecule has 0 bridgehead atoms. The highest BCUT2D eigenvalue weighted by molar-refractivity contribution is 5.95. The molecule has 0 rings (SSSR count). The maximum atomic E-state index is 14.2. The molecular formula is C17H20F4N2O. The first-order valence-electron chi connectivity index (χ1n) is 6.82. The monoisotopic (exact) mass is 344 g/mol. The van der Waals surface area contributed by atoms with Crippen LogP contribution in [0.1, 0.15) is 20.3 Å². The largest absolute Gasteiger partial charge is 0.500 e. The van der Waals surface area contributed by atoms with Crippen molar-refractivity contribution < 1.29 is 22.3 Å². The minimum Gasteiger partial charge on any atom is -0.500 e. The summed E-state index contributed by atoms with van der Waals surface area (Å²) in [5.41, 5.74) is -0.889. The smallest absolute Gasteiger partial charge is 0.424 e. The highest BCUT2D eigenvalue weighted by Gasteiger charge is 2.41. The third-order valence-electron chi connectivity index (χ3n) is 2.89. The van der Waals surface area contributed by atoms with Crippen LogP contribution in [0, 0.1) is 0 Å². The summed E-state index contributed by atoms with van der Waals surface area (Å²) in [6.07, 6.45) is -1.20. The molecule has 132 valence electrons. The molecule has 0 spiro atoms. The van der Waals surface area contributed by atoms with Gasteiger partial charge in [-0.2, -0.15) is 17.6 Å². The van der Waals surface area contributed by atoms with Gasteiger partial charge in [-0.25, -0.2) is 4.99 Å². The summed E-state index contributed by atoms with van der Waals surface area (Å²) in [4.78, 5) is 6.91. The van der Waals surface area contributed by atoms with Crippen LogP contribution in [-0.4, -0.2) is 26.0 Å². The van der Waals surface area contributed by atoms with Crippen LogP contribution in [0.4, 0.5) is 17.6 Å². The number of rotatable bonds is 8. The van der Waals surface area contributed by atoms with E-state index in [4.69, 9.17) is 0 Å². The predicted octanol–water partition coefficient (Wildman–Crippen LogP) is 5.46. The highest BCUT2D eigenvalue weighted by Crippen LogP contribution is 2.32. The first-order chi connectivity index (χ1) is 11.1. The van der Waals surface area contributed by atoms with Crippen LogP contribution < -0.4 is 0 Å². The van der Waals surface area contributed by atoms with Crippen molar-refractivity contribution in [3.8, 4) is 0 Å². The minimum atomic E-state index is -4.98. The second kappa shape index (κ2) is 9.64. The standard InChI is InChI=1S/C17H20F4N2O/c1-7-9-14(24-6)15(17(19,20)21)16(18)23-12(4)13(8-2)11(3)10-22-5/h7-8,10H,1,4-5,9H2,2-3,6H3/b11-10-,13-8+,15-14-,23-16?. The Labute approximate surface area is 139 Å². The van der Waals surface area contributed by atoms with Gasteiger partial charge in [0.15, 0.2) is 0 Å². The Hall–Kier alpha value is -2.44. The lowest BCUT2D eigenvalue weighted by atomic mass is 10.1. The van der Waals surface area contributed by atoms with E-state index in [1.54, 1.807) is 13.8 Å². The van der Waals surface area contributed by atoms with Crippen molar-refractivity contribution in [2.24, 2.45) is 9.98 Å². The molecule has 0 aliphatic carbocycles. The molecule has 0 heterocycles. The maximum Gasteiger partial charge on any atom is 0.424 e. The fraction of sp³-hybridized carbons (Fsp3) is 0.294. The average molecular weight is 344 g/mol. The van der Waals surface area contributed by atoms with Crippen molar-refractivity contribution >= 4 is 12.7 Å². The SMILES string of the molecule is C=CC/C(OC)=C(\C(F)=NC(=C)C(=C/C)/C(C)=C\N=C)C(F)(F)F. The van der Waals surface area contributed by atoms with Gasteiger partial charge < -0.3 is 4.74 Å². The Kier molecular flexibility index (Phi) is 8.66. The molecule has 0 aliphatic rings. The predicted molar refractivity (Wildman–Crippen MR) is 89.7 cm³/mol. The highest BCUT2D eigenvalue weighted by atomic mass is 19.4. The molecule has 7 heteroatoms. The van der Waals surface area contributed by atoms with Gasteiger partial charge in [0.05, 0.1) is 12.8 Å². The van der Waals surface area contributed by atoms with Crippen molar-refractivity contribution in [2.75, 3.05) is 7.11 Å². The zero-order valence-corrected chi connectivity index (χ0v) is 13.9. The average Bonchev–Trinajstić information content (AvgIpc) is 2.46. The molecular weight excluding hydrogens is 324 g/mol. The third kappa shape index (κ3) is 5.98. The van der Waals surface area contributed by atoms with Gasteiger partial charge in [0.1, 0.15) is 11.3 Å². The minimum absolute atomic E-state index is 0.178. The van der Waals surface area contributed by atoms with Gasteiger partial charge in [0.25, 0.3) is 0 Å². The number of allylic oxidation sites excluding steroid dienone is 4. The summed E-state index contributed by atoms with van der Waals surface area (Å²) in [6.45, 7) is 13.4. The van der Waals surface area contributed by atoms with E-state index >= 15 is 0 Å². The Morgan fingerprint density at radius 1 is 1.29 bits per heavy atom. The summed E-state index contributed by atoms with van der Waals surface area (Å²) in [7, 11) is 1.02. The molecule has 0 saturated heterocycles. The van der Waals surface area contributed by atoms with Crippen LogP contribution in [0.25, 0.3) is 0 Å². The topological polar surface area (TPSA) is 34.0 Å². The summed E-state index contributed by atoms with van der Waals surface area (Å²) in [5, 5.41) is 0. The van der Waals surface area contributed by atoms with E-state index in [1.807, 2.05) is 0 Å². The second-order valence-corrected chi connectivity index (χ2v) is 4.54. The molecule has 0 amide bonds. The van der Waals surface area contributed by atoms with E-state index in [0.717, 1.165) is 7.11 Å². The molecule has 0 aliphatic heterocycles. The molecule has 0 radical (unpaired) electrons. The summed E-state index contributed by atoms with van der Waals surface area (Å²) >= 11 is 0. The number of ether oxygens (including phenoxy) is 1. The lowest BCUT2D eigenvalue weighted by Crippen LogP contribution is -2.21. The number of hydrogen-bond donors (Lipinski definition) is 0. The number of hydrogen-bond acceptors (Lipinski definition) is 3. The molecule has 0 N–H and O–H groups in total. The van der Waals surface area contributed by atoms with Gasteiger partial charge in [-0.3, -0.25) is 4.99 Å². The number of halogens is 4. The van der Waals surface area contributed by atoms with E-state index in [-0.39, 0.29) is 12.1 Å². The van der Waals surface area contributed by atoms with Crippen molar-refractivity contribution in [2.45, 2.75) is 26.4 Å². The van der Waals surface area contributed by atoms with E-state index in [2.05, 4.69) is 34.6 Å². The van der Waals surface area contributed by atoms with Gasteiger partial charge in [0, 0.05) is 12.6 Å². The van der Waals surface area contributed by atoms with Crippen LogP contribution >= 0.6 is 0 Å². The number of alkyl halides is 3. The summed E-state index contributed by atoms with van der Waals surface area (Å²) in [5.74, 6) is -2.35. The third-order valence-corrected chi connectivity index (χ3v) is 2.89. The molecule has 0 fully saturated rings. The fourth-order valence-corrected chi connectivity index (χ4v) is 1.87. The van der Waals surface area contributed by atoms with Crippen LogP contribution in [0.15, 0.2) is 69.7 Å². The molecule has 0 unspecified atom stereocenters. The van der Waals surface area contributed by atoms with Crippen molar-refractivity contribution in [3.05, 3.63) is 59.7 Å². The number of aliphatic imine (C=N–C) groups is 2. The first kappa shape index (κ1) is 21.6. The Morgan fingerprint density at radius 2 is 1.88 bits per heavy atom. The van der Waals surface area contributed by atoms with E-state index in [1.165, 1.54) is 18.4 Å². The molecule has 0 atom stereocenters. The van der Waals surface area contributed by atoms with Crippen molar-refractivity contribution in [1.29, 1.82) is 0 Å². The van der Waals surface area contributed by atoms with Gasteiger partial charge in [-0.1, -0.05) is 18.7 Å². The molecule has 0 aromatic rings. The zero-order chi connectivity index (χ0) is 18.9. The van der Waals surface area contributed by atoms with Crippen LogP contribution in [0.3, 0.4) is 0 Å².